The number of sulfonamides is 1. The van der Waals surface area contributed by atoms with E-state index in [0.717, 1.165) is 25.1 Å². The Morgan fingerprint density at radius 1 is 1.50 bits per heavy atom. The van der Waals surface area contributed by atoms with E-state index in [0.29, 0.717) is 0 Å². The van der Waals surface area contributed by atoms with Gasteiger partial charge in [0.05, 0.1) is 16.9 Å². The van der Waals surface area contributed by atoms with Crippen molar-refractivity contribution in [3.05, 3.63) is 28.3 Å². The number of carboxylic acids is 1. The molecule has 0 heterocycles. The van der Waals surface area contributed by atoms with Gasteiger partial charge in [-0.3, -0.25) is 14.9 Å². The fraction of sp³-hybridized carbons (Fsp3) is 0.300. The van der Waals surface area contributed by atoms with Crippen LogP contribution in [0.15, 0.2) is 23.1 Å². The smallest absolute Gasteiger partial charge is 0.321 e. The minimum absolute atomic E-state index is 0.0970. The summed E-state index contributed by atoms with van der Waals surface area (Å²) in [6.07, 6.45) is 0. The highest BCUT2D eigenvalue weighted by atomic mass is 32.2. The van der Waals surface area contributed by atoms with Crippen molar-refractivity contribution in [3.63, 3.8) is 0 Å². The first kappa shape index (κ1) is 15.9. The van der Waals surface area contributed by atoms with Gasteiger partial charge >= 0.3 is 11.7 Å². The average molecular weight is 304 g/mol. The van der Waals surface area contributed by atoms with E-state index in [-0.39, 0.29) is 5.75 Å². The molecule has 2 N–H and O–H groups in total. The van der Waals surface area contributed by atoms with Crippen LogP contribution >= 0.6 is 0 Å². The highest BCUT2D eigenvalue weighted by Gasteiger charge is 2.25. The number of carboxylic acid groups (broad SMARTS) is 1. The van der Waals surface area contributed by atoms with Gasteiger partial charge < -0.3 is 9.84 Å². The van der Waals surface area contributed by atoms with Crippen LogP contribution in [0.25, 0.3) is 0 Å². The largest absolute Gasteiger partial charge is 0.490 e. The lowest BCUT2D eigenvalue weighted by Gasteiger charge is -2.10. The lowest BCUT2D eigenvalue weighted by atomic mass is 10.3. The number of carbonyl (C=O) groups is 1. The summed E-state index contributed by atoms with van der Waals surface area (Å²) in [5, 5.41) is 19.5. The normalized spacial score (nSPS) is 12.7. The molecule has 0 spiro atoms. The molecule has 1 atom stereocenters. The SMILES string of the molecule is COc1ccc(S(=O)(=O)NC(C)C(=O)O)cc1[N+](=O)[O-]. The number of hydrogen-bond acceptors (Lipinski definition) is 6. The van der Waals surface area contributed by atoms with Gasteiger partial charge in [-0.05, 0) is 19.1 Å². The van der Waals surface area contributed by atoms with E-state index in [4.69, 9.17) is 9.84 Å². The first-order valence-electron chi connectivity index (χ1n) is 5.26. The Kier molecular flexibility index (Phi) is 4.63. The van der Waals surface area contributed by atoms with E-state index in [2.05, 4.69) is 0 Å². The van der Waals surface area contributed by atoms with Crippen molar-refractivity contribution < 1.29 is 28.0 Å². The summed E-state index contributed by atoms with van der Waals surface area (Å²) in [7, 11) is -2.97. The highest BCUT2D eigenvalue weighted by Crippen LogP contribution is 2.29. The summed E-state index contributed by atoms with van der Waals surface area (Å²) >= 11 is 0. The predicted molar refractivity (Wildman–Crippen MR) is 67.1 cm³/mol. The summed E-state index contributed by atoms with van der Waals surface area (Å²) in [6.45, 7) is 1.14. The van der Waals surface area contributed by atoms with Gasteiger partial charge in [0.25, 0.3) is 0 Å². The lowest BCUT2D eigenvalue weighted by Crippen LogP contribution is -2.38. The Morgan fingerprint density at radius 2 is 2.10 bits per heavy atom. The monoisotopic (exact) mass is 304 g/mol. The van der Waals surface area contributed by atoms with Crippen LogP contribution in [0.4, 0.5) is 5.69 Å². The Balaban J connectivity index is 3.23. The van der Waals surface area contributed by atoms with Gasteiger partial charge in [0, 0.05) is 6.07 Å². The molecule has 0 aliphatic carbocycles. The van der Waals surface area contributed by atoms with Crippen LogP contribution in [-0.2, 0) is 14.8 Å². The summed E-state index contributed by atoms with van der Waals surface area (Å²) in [6, 6.07) is 1.65. The molecule has 9 nitrogen and oxygen atoms in total. The molecule has 0 amide bonds. The Bertz CT molecular complexity index is 641. The van der Waals surface area contributed by atoms with E-state index in [9.17, 15) is 23.3 Å². The third-order valence-corrected chi connectivity index (χ3v) is 3.90. The molecule has 1 rings (SSSR count). The minimum Gasteiger partial charge on any atom is -0.490 e. The third-order valence-electron chi connectivity index (χ3n) is 2.36. The molecule has 0 aliphatic heterocycles. The van der Waals surface area contributed by atoms with E-state index in [1.165, 1.54) is 7.11 Å². The van der Waals surface area contributed by atoms with Gasteiger partial charge in [-0.25, -0.2) is 8.42 Å². The molecule has 0 aromatic heterocycles. The first-order chi connectivity index (χ1) is 9.19. The van der Waals surface area contributed by atoms with E-state index >= 15 is 0 Å². The van der Waals surface area contributed by atoms with Gasteiger partial charge in [-0.1, -0.05) is 0 Å². The number of nitro groups is 1. The van der Waals surface area contributed by atoms with E-state index in [1.807, 2.05) is 4.72 Å². The predicted octanol–water partition coefficient (Wildman–Crippen LogP) is 0.355. The molecule has 1 aromatic rings. The zero-order chi connectivity index (χ0) is 15.5. The van der Waals surface area contributed by atoms with Crippen LogP contribution < -0.4 is 9.46 Å². The van der Waals surface area contributed by atoms with Gasteiger partial charge in [-0.15, -0.1) is 0 Å². The van der Waals surface area contributed by atoms with Crippen LogP contribution in [0, 0.1) is 10.1 Å². The second-order valence-electron chi connectivity index (χ2n) is 3.77. The standard InChI is InChI=1S/C10H12N2O7S/c1-6(10(13)14)11-20(17,18)7-3-4-9(19-2)8(5-7)12(15)16/h3-6,11H,1-2H3,(H,13,14). The number of aliphatic carboxylic acids is 1. The van der Waals surface area contributed by atoms with Crippen molar-refractivity contribution in [2.75, 3.05) is 7.11 Å². The number of benzene rings is 1. The molecule has 20 heavy (non-hydrogen) atoms. The Morgan fingerprint density at radius 3 is 2.55 bits per heavy atom. The summed E-state index contributed by atoms with van der Waals surface area (Å²) in [4.78, 5) is 20.2. The zero-order valence-electron chi connectivity index (χ0n) is 10.6. The molecule has 0 fully saturated rings. The number of nitrogens with one attached hydrogen (secondary N) is 1. The Hall–Kier alpha value is -2.20. The Labute approximate surface area is 114 Å². The van der Waals surface area contributed by atoms with Crippen LogP contribution in [0.3, 0.4) is 0 Å². The molecule has 110 valence electrons. The lowest BCUT2D eigenvalue weighted by molar-refractivity contribution is -0.386. The second kappa shape index (κ2) is 5.84. The average Bonchev–Trinajstić information content (AvgIpc) is 2.37. The molecule has 0 aliphatic rings. The van der Waals surface area contributed by atoms with Gasteiger partial charge in [0.2, 0.25) is 10.0 Å². The molecule has 0 radical (unpaired) electrons. The highest BCUT2D eigenvalue weighted by molar-refractivity contribution is 7.89. The van der Waals surface area contributed by atoms with Gasteiger partial charge in [0.15, 0.2) is 5.75 Å². The number of rotatable bonds is 6. The van der Waals surface area contributed by atoms with Gasteiger partial charge in [-0.2, -0.15) is 4.72 Å². The molecule has 1 unspecified atom stereocenters. The number of ether oxygens (including phenoxy) is 1. The summed E-state index contributed by atoms with van der Waals surface area (Å²) < 4.78 is 30.4. The fourth-order valence-electron chi connectivity index (χ4n) is 1.33. The fourth-order valence-corrected chi connectivity index (χ4v) is 2.55. The van der Waals surface area contributed by atoms with Crippen molar-refractivity contribution in [1.82, 2.24) is 4.72 Å². The number of hydrogen-bond donors (Lipinski definition) is 2. The maximum atomic E-state index is 11.9. The quantitative estimate of drug-likeness (QED) is 0.571. The molecular weight excluding hydrogens is 292 g/mol. The minimum atomic E-state index is -4.18. The van der Waals surface area contributed by atoms with Crippen LogP contribution in [0.1, 0.15) is 6.92 Å². The van der Waals surface area contributed by atoms with Crippen LogP contribution in [-0.4, -0.2) is 37.6 Å². The molecular formula is C10H12N2O7S. The number of nitro benzene ring substituents is 1. The zero-order valence-corrected chi connectivity index (χ0v) is 11.4. The van der Waals surface area contributed by atoms with Crippen molar-refractivity contribution in [2.45, 2.75) is 17.9 Å². The molecule has 0 saturated heterocycles. The summed E-state index contributed by atoms with van der Waals surface area (Å²) in [5.41, 5.74) is -0.529. The number of nitrogens with zero attached hydrogens (tertiary/aromatic N) is 1. The topological polar surface area (TPSA) is 136 Å². The number of methoxy groups -OCH3 is 1. The van der Waals surface area contributed by atoms with E-state index < -0.39 is 37.5 Å². The molecule has 1 aromatic carbocycles. The van der Waals surface area contributed by atoms with Crippen molar-refractivity contribution in [3.8, 4) is 5.75 Å². The first-order valence-corrected chi connectivity index (χ1v) is 6.75. The third kappa shape index (κ3) is 3.42. The van der Waals surface area contributed by atoms with Crippen LogP contribution in [0.2, 0.25) is 0 Å². The molecule has 10 heteroatoms. The molecule has 0 bridgehead atoms. The van der Waals surface area contributed by atoms with Gasteiger partial charge in [0.1, 0.15) is 6.04 Å². The second-order valence-corrected chi connectivity index (χ2v) is 5.49. The van der Waals surface area contributed by atoms with Crippen molar-refractivity contribution in [2.24, 2.45) is 0 Å². The summed E-state index contributed by atoms with van der Waals surface area (Å²) in [5.74, 6) is -1.46. The maximum absolute atomic E-state index is 11.9. The maximum Gasteiger partial charge on any atom is 0.321 e. The van der Waals surface area contributed by atoms with Crippen LogP contribution in [0.5, 0.6) is 5.75 Å². The van der Waals surface area contributed by atoms with Crippen molar-refractivity contribution in [1.29, 1.82) is 0 Å². The van der Waals surface area contributed by atoms with Crippen molar-refractivity contribution >= 4 is 21.7 Å². The van der Waals surface area contributed by atoms with E-state index in [1.54, 1.807) is 0 Å². The molecule has 0 saturated carbocycles.